The Morgan fingerprint density at radius 2 is 1.83 bits per heavy atom. The van der Waals surface area contributed by atoms with Crippen molar-refractivity contribution < 1.29 is 14.7 Å². The average molecular weight is 274 g/mol. The molecule has 0 bridgehead atoms. The second-order valence-corrected chi connectivity index (χ2v) is 5.66. The summed E-state index contributed by atoms with van der Waals surface area (Å²) in [6, 6.07) is -0.367. The van der Waals surface area contributed by atoms with Crippen molar-refractivity contribution in [2.24, 2.45) is 0 Å². The minimum Gasteiger partial charge on any atom is -0.480 e. The molecule has 0 aromatic heterocycles. The lowest BCUT2D eigenvalue weighted by molar-refractivity contribution is -0.145. The van der Waals surface area contributed by atoms with Gasteiger partial charge in [-0.1, -0.05) is 25.7 Å². The van der Waals surface area contributed by atoms with E-state index in [1.54, 1.807) is 11.8 Å². The second kappa shape index (κ2) is 7.51. The number of carbonyl (C=O) groups is 2. The van der Waals surface area contributed by atoms with E-state index in [0.717, 1.165) is 31.4 Å². The first-order valence-electron chi connectivity index (χ1n) is 6.39. The van der Waals surface area contributed by atoms with E-state index in [0.29, 0.717) is 19.4 Å². The zero-order valence-corrected chi connectivity index (χ0v) is 11.6. The van der Waals surface area contributed by atoms with Crippen molar-refractivity contribution in [3.63, 3.8) is 0 Å². The summed E-state index contributed by atoms with van der Waals surface area (Å²) in [5, 5.41) is 14.8. The summed E-state index contributed by atoms with van der Waals surface area (Å²) in [5.74, 6) is -0.0857. The zero-order valence-electron chi connectivity index (χ0n) is 10.8. The fourth-order valence-electron chi connectivity index (χ4n) is 2.25. The van der Waals surface area contributed by atoms with Crippen LogP contribution in [-0.2, 0) is 4.79 Å². The Bertz CT molecular complexity index is 289. The minimum atomic E-state index is -1.07. The van der Waals surface area contributed by atoms with Crippen LogP contribution in [0.1, 0.15) is 38.5 Å². The van der Waals surface area contributed by atoms with Crippen molar-refractivity contribution in [3.05, 3.63) is 0 Å². The van der Waals surface area contributed by atoms with Gasteiger partial charge in [-0.05, 0) is 19.1 Å². The van der Waals surface area contributed by atoms with Gasteiger partial charge in [-0.2, -0.15) is 11.8 Å². The molecule has 0 spiro atoms. The number of hydrogen-bond donors (Lipinski definition) is 3. The van der Waals surface area contributed by atoms with Crippen molar-refractivity contribution >= 4 is 23.8 Å². The molecule has 0 atom stereocenters. The number of hydrogen-bond acceptors (Lipinski definition) is 3. The standard InChI is InChI=1S/C12H22N2O3S/c1-18-9-8-13-11(17)14-12(10(15)16)6-4-2-3-5-7-12/h2-9H2,1H3,(H,15,16)(H2,13,14,17). The maximum absolute atomic E-state index is 11.7. The van der Waals surface area contributed by atoms with Crippen LogP contribution in [0.4, 0.5) is 4.79 Å². The summed E-state index contributed by atoms with van der Waals surface area (Å²) in [5.41, 5.74) is -1.07. The Morgan fingerprint density at radius 3 is 2.33 bits per heavy atom. The van der Waals surface area contributed by atoms with Crippen molar-refractivity contribution in [2.75, 3.05) is 18.6 Å². The molecule has 1 aliphatic rings. The van der Waals surface area contributed by atoms with Crippen molar-refractivity contribution in [1.29, 1.82) is 0 Å². The van der Waals surface area contributed by atoms with Gasteiger partial charge < -0.3 is 15.7 Å². The molecule has 0 aromatic rings. The Morgan fingerprint density at radius 1 is 1.22 bits per heavy atom. The highest BCUT2D eigenvalue weighted by atomic mass is 32.2. The first kappa shape index (κ1) is 15.1. The Hall–Kier alpha value is -0.910. The normalized spacial score (nSPS) is 18.7. The van der Waals surface area contributed by atoms with Crippen LogP contribution in [0.3, 0.4) is 0 Å². The molecule has 1 aliphatic carbocycles. The van der Waals surface area contributed by atoms with E-state index < -0.39 is 11.5 Å². The predicted molar refractivity (Wildman–Crippen MR) is 73.0 cm³/mol. The number of amides is 2. The molecule has 1 fully saturated rings. The van der Waals surface area contributed by atoms with Crippen LogP contribution in [0.15, 0.2) is 0 Å². The van der Waals surface area contributed by atoms with Crippen LogP contribution in [0.2, 0.25) is 0 Å². The van der Waals surface area contributed by atoms with Crippen molar-refractivity contribution in [3.8, 4) is 0 Å². The smallest absolute Gasteiger partial charge is 0.329 e. The summed E-state index contributed by atoms with van der Waals surface area (Å²) in [6.07, 6.45) is 6.82. The highest BCUT2D eigenvalue weighted by molar-refractivity contribution is 7.98. The highest BCUT2D eigenvalue weighted by Crippen LogP contribution is 2.27. The number of thioether (sulfide) groups is 1. The number of rotatable bonds is 5. The fourth-order valence-corrected chi connectivity index (χ4v) is 2.56. The van der Waals surface area contributed by atoms with Gasteiger partial charge in [-0.3, -0.25) is 0 Å². The molecule has 1 rings (SSSR count). The molecule has 1 saturated carbocycles. The Kier molecular flexibility index (Phi) is 6.32. The summed E-state index contributed by atoms with van der Waals surface area (Å²) in [7, 11) is 0. The van der Waals surface area contributed by atoms with E-state index in [9.17, 15) is 14.7 Å². The molecule has 3 N–H and O–H groups in total. The van der Waals surface area contributed by atoms with Gasteiger partial charge in [-0.15, -0.1) is 0 Å². The van der Waals surface area contributed by atoms with Gasteiger partial charge in [0.15, 0.2) is 0 Å². The van der Waals surface area contributed by atoms with Gasteiger partial charge in [0.2, 0.25) is 0 Å². The maximum atomic E-state index is 11.7. The Labute approximate surface area is 112 Å². The van der Waals surface area contributed by atoms with Gasteiger partial charge in [0.25, 0.3) is 0 Å². The topological polar surface area (TPSA) is 78.4 Å². The lowest BCUT2D eigenvalue weighted by Crippen LogP contribution is -2.57. The summed E-state index contributed by atoms with van der Waals surface area (Å²) >= 11 is 1.64. The first-order valence-corrected chi connectivity index (χ1v) is 7.78. The van der Waals surface area contributed by atoms with E-state index >= 15 is 0 Å². The third-order valence-corrected chi connectivity index (χ3v) is 3.92. The summed E-state index contributed by atoms with van der Waals surface area (Å²) in [6.45, 7) is 0.558. The van der Waals surface area contributed by atoms with Crippen LogP contribution in [0.5, 0.6) is 0 Å². The largest absolute Gasteiger partial charge is 0.480 e. The van der Waals surface area contributed by atoms with Crippen LogP contribution in [0, 0.1) is 0 Å². The van der Waals surface area contributed by atoms with E-state index in [1.165, 1.54) is 0 Å². The molecule has 0 heterocycles. The molecule has 104 valence electrons. The molecule has 18 heavy (non-hydrogen) atoms. The molecule has 0 aromatic carbocycles. The van der Waals surface area contributed by atoms with Gasteiger partial charge in [0.05, 0.1) is 0 Å². The van der Waals surface area contributed by atoms with Gasteiger partial charge in [0, 0.05) is 12.3 Å². The van der Waals surface area contributed by atoms with E-state index in [4.69, 9.17) is 0 Å². The van der Waals surface area contributed by atoms with Crippen molar-refractivity contribution in [2.45, 2.75) is 44.1 Å². The molecule has 5 nitrogen and oxygen atoms in total. The third-order valence-electron chi connectivity index (χ3n) is 3.31. The van der Waals surface area contributed by atoms with E-state index in [1.807, 2.05) is 6.26 Å². The minimum absolute atomic E-state index is 0.367. The number of nitrogens with one attached hydrogen (secondary N) is 2. The molecular formula is C12H22N2O3S. The van der Waals surface area contributed by atoms with Crippen LogP contribution < -0.4 is 10.6 Å². The lowest BCUT2D eigenvalue weighted by Gasteiger charge is -2.29. The average Bonchev–Trinajstić information content (AvgIpc) is 2.56. The van der Waals surface area contributed by atoms with Crippen LogP contribution in [-0.4, -0.2) is 41.2 Å². The second-order valence-electron chi connectivity index (χ2n) is 4.68. The predicted octanol–water partition coefficient (Wildman–Crippen LogP) is 1.83. The monoisotopic (exact) mass is 274 g/mol. The zero-order chi connectivity index (χ0) is 13.4. The van der Waals surface area contributed by atoms with Crippen LogP contribution in [0.25, 0.3) is 0 Å². The number of urea groups is 1. The Balaban J connectivity index is 2.55. The number of carbonyl (C=O) groups excluding carboxylic acids is 1. The van der Waals surface area contributed by atoms with Gasteiger partial charge in [0.1, 0.15) is 5.54 Å². The molecule has 0 aliphatic heterocycles. The molecule has 0 radical (unpaired) electrons. The highest BCUT2D eigenvalue weighted by Gasteiger charge is 2.39. The summed E-state index contributed by atoms with van der Waals surface area (Å²) < 4.78 is 0. The number of carboxylic acid groups (broad SMARTS) is 1. The van der Waals surface area contributed by atoms with Crippen LogP contribution >= 0.6 is 11.8 Å². The SMILES string of the molecule is CSCCNC(=O)NC1(C(=O)O)CCCCCC1. The van der Waals surface area contributed by atoms with Gasteiger partial charge >= 0.3 is 12.0 Å². The maximum Gasteiger partial charge on any atom is 0.329 e. The lowest BCUT2D eigenvalue weighted by atomic mass is 9.90. The number of aliphatic carboxylic acids is 1. The number of carboxylic acids is 1. The molecule has 2 amide bonds. The quantitative estimate of drug-likeness (QED) is 0.528. The first-order chi connectivity index (χ1) is 8.60. The van der Waals surface area contributed by atoms with Gasteiger partial charge in [-0.25, -0.2) is 9.59 Å². The fraction of sp³-hybridized carbons (Fsp3) is 0.833. The van der Waals surface area contributed by atoms with Crippen molar-refractivity contribution in [1.82, 2.24) is 10.6 Å². The third kappa shape index (κ3) is 4.40. The molecular weight excluding hydrogens is 252 g/mol. The molecule has 0 saturated heterocycles. The molecule has 6 heteroatoms. The van der Waals surface area contributed by atoms with E-state index in [-0.39, 0.29) is 6.03 Å². The van der Waals surface area contributed by atoms with E-state index in [2.05, 4.69) is 10.6 Å². The summed E-state index contributed by atoms with van der Waals surface area (Å²) in [4.78, 5) is 23.2. The molecule has 0 unspecified atom stereocenters.